The number of carbonyl (C=O) groups excluding carboxylic acids is 1. The molecule has 7 nitrogen and oxygen atoms in total. The Kier molecular flexibility index (Phi) is 3.99. The number of aromatic amines is 1. The largest absolute Gasteiger partial charge is 0.326 e. The van der Waals surface area contributed by atoms with Gasteiger partial charge in [-0.1, -0.05) is 6.07 Å². The lowest BCUT2D eigenvalue weighted by Crippen LogP contribution is -2.14. The number of aryl methyl sites for hydroxylation is 2. The molecule has 1 aromatic carbocycles. The molecule has 0 spiro atoms. The maximum Gasteiger partial charge on any atom is 0.265 e. The fraction of sp³-hybridized carbons (Fsp3) is 0.231. The lowest BCUT2D eigenvalue weighted by Gasteiger charge is -2.11. The van der Waals surface area contributed by atoms with E-state index >= 15 is 0 Å². The molecule has 0 saturated carbocycles. The summed E-state index contributed by atoms with van der Waals surface area (Å²) in [6, 6.07) is 4.93. The van der Waals surface area contributed by atoms with Gasteiger partial charge in [0, 0.05) is 12.6 Å². The van der Waals surface area contributed by atoms with Crippen molar-refractivity contribution in [1.82, 2.24) is 10.2 Å². The van der Waals surface area contributed by atoms with Crippen LogP contribution in [0.5, 0.6) is 0 Å². The zero-order chi connectivity index (χ0) is 15.6. The Bertz CT molecular complexity index is 780. The zero-order valence-corrected chi connectivity index (χ0v) is 12.7. The third-order valence-corrected chi connectivity index (χ3v) is 4.37. The van der Waals surface area contributed by atoms with Crippen molar-refractivity contribution in [2.75, 3.05) is 10.0 Å². The summed E-state index contributed by atoms with van der Waals surface area (Å²) in [4.78, 5) is 11.2. The van der Waals surface area contributed by atoms with Crippen molar-refractivity contribution in [3.05, 3.63) is 35.7 Å². The van der Waals surface area contributed by atoms with Gasteiger partial charge in [-0.2, -0.15) is 5.10 Å². The van der Waals surface area contributed by atoms with Crippen molar-refractivity contribution in [3.63, 3.8) is 0 Å². The van der Waals surface area contributed by atoms with Gasteiger partial charge in [-0.25, -0.2) is 8.42 Å². The number of benzene rings is 1. The number of hydrogen-bond donors (Lipinski definition) is 3. The van der Waals surface area contributed by atoms with E-state index in [0.717, 1.165) is 5.56 Å². The number of carbonyl (C=O) groups is 1. The molecule has 2 rings (SSSR count). The summed E-state index contributed by atoms with van der Waals surface area (Å²) in [6.07, 6.45) is 1.25. The van der Waals surface area contributed by atoms with Gasteiger partial charge in [-0.15, -0.1) is 0 Å². The summed E-state index contributed by atoms with van der Waals surface area (Å²) in [5.41, 5.74) is 2.22. The van der Waals surface area contributed by atoms with Gasteiger partial charge in [0.1, 0.15) is 4.90 Å². The highest BCUT2D eigenvalue weighted by Crippen LogP contribution is 2.23. The second-order valence-corrected chi connectivity index (χ2v) is 6.33. The maximum absolute atomic E-state index is 12.2. The van der Waals surface area contributed by atoms with E-state index in [4.69, 9.17) is 0 Å². The topological polar surface area (TPSA) is 104 Å². The summed E-state index contributed by atoms with van der Waals surface area (Å²) >= 11 is 0. The van der Waals surface area contributed by atoms with Gasteiger partial charge in [-0.05, 0) is 31.5 Å². The molecule has 2 aromatic rings. The Balaban J connectivity index is 2.32. The van der Waals surface area contributed by atoms with Crippen LogP contribution in [0.2, 0.25) is 0 Å². The molecule has 0 aliphatic carbocycles. The highest BCUT2D eigenvalue weighted by molar-refractivity contribution is 7.92. The van der Waals surface area contributed by atoms with E-state index < -0.39 is 10.0 Å². The molecule has 0 atom stereocenters. The van der Waals surface area contributed by atoms with Gasteiger partial charge >= 0.3 is 0 Å². The second-order valence-electron chi connectivity index (χ2n) is 4.68. The molecule has 1 aromatic heterocycles. The van der Waals surface area contributed by atoms with E-state index in [1.165, 1.54) is 13.1 Å². The van der Waals surface area contributed by atoms with Crippen LogP contribution in [0, 0.1) is 13.8 Å². The van der Waals surface area contributed by atoms with Gasteiger partial charge in [0.2, 0.25) is 5.91 Å². The molecule has 1 heterocycles. The van der Waals surface area contributed by atoms with Crippen molar-refractivity contribution in [3.8, 4) is 0 Å². The van der Waals surface area contributed by atoms with Gasteiger partial charge in [0.05, 0.1) is 17.6 Å². The molecule has 0 saturated heterocycles. The molecule has 0 bridgehead atoms. The van der Waals surface area contributed by atoms with E-state index in [0.29, 0.717) is 17.1 Å². The van der Waals surface area contributed by atoms with Gasteiger partial charge in [-0.3, -0.25) is 14.6 Å². The standard InChI is InChI=1S/C13H16N4O3S/c1-8-4-5-11(6-12(8)15-10(3)18)17-21(19,20)13-7-14-16-9(13)2/h4-7,17H,1-3H3,(H,14,16)(H,15,18). The van der Waals surface area contributed by atoms with Crippen molar-refractivity contribution in [2.45, 2.75) is 25.7 Å². The number of amides is 1. The summed E-state index contributed by atoms with van der Waals surface area (Å²) in [5, 5.41) is 8.93. The fourth-order valence-corrected chi connectivity index (χ4v) is 3.02. The number of anilines is 2. The Hall–Kier alpha value is -2.35. The van der Waals surface area contributed by atoms with Crippen LogP contribution < -0.4 is 10.0 Å². The molecular weight excluding hydrogens is 292 g/mol. The number of H-pyrrole nitrogens is 1. The van der Waals surface area contributed by atoms with Gasteiger partial charge in [0.15, 0.2) is 0 Å². The van der Waals surface area contributed by atoms with Gasteiger partial charge < -0.3 is 5.32 Å². The van der Waals surface area contributed by atoms with Crippen molar-refractivity contribution in [2.24, 2.45) is 0 Å². The molecule has 1 amide bonds. The molecule has 0 radical (unpaired) electrons. The van der Waals surface area contributed by atoms with E-state index in [-0.39, 0.29) is 10.8 Å². The van der Waals surface area contributed by atoms with Crippen molar-refractivity contribution >= 4 is 27.3 Å². The number of sulfonamides is 1. The van der Waals surface area contributed by atoms with Crippen LogP contribution >= 0.6 is 0 Å². The Labute approximate surface area is 122 Å². The summed E-state index contributed by atoms with van der Waals surface area (Å²) in [6.45, 7) is 4.84. The molecule has 8 heteroatoms. The van der Waals surface area contributed by atoms with E-state index in [9.17, 15) is 13.2 Å². The molecular formula is C13H16N4O3S. The lowest BCUT2D eigenvalue weighted by molar-refractivity contribution is -0.114. The average molecular weight is 308 g/mol. The molecule has 112 valence electrons. The van der Waals surface area contributed by atoms with Crippen LogP contribution in [-0.2, 0) is 14.8 Å². The van der Waals surface area contributed by atoms with Crippen LogP contribution in [0.4, 0.5) is 11.4 Å². The molecule has 0 aliphatic heterocycles. The van der Waals surface area contributed by atoms with Gasteiger partial charge in [0.25, 0.3) is 10.0 Å². The first-order valence-corrected chi connectivity index (χ1v) is 7.69. The van der Waals surface area contributed by atoms with E-state index in [2.05, 4.69) is 20.2 Å². The molecule has 21 heavy (non-hydrogen) atoms. The first-order valence-electron chi connectivity index (χ1n) is 6.20. The summed E-state index contributed by atoms with van der Waals surface area (Å²) < 4.78 is 27.0. The Morgan fingerprint density at radius 2 is 2.00 bits per heavy atom. The quantitative estimate of drug-likeness (QED) is 0.801. The van der Waals surface area contributed by atoms with Crippen LogP contribution in [0.3, 0.4) is 0 Å². The fourth-order valence-electron chi connectivity index (χ4n) is 1.83. The first kappa shape index (κ1) is 15.0. The second kappa shape index (κ2) is 5.57. The smallest absolute Gasteiger partial charge is 0.265 e. The van der Waals surface area contributed by atoms with Crippen molar-refractivity contribution in [1.29, 1.82) is 0 Å². The normalized spacial score (nSPS) is 11.2. The van der Waals surface area contributed by atoms with Crippen molar-refractivity contribution < 1.29 is 13.2 Å². The molecule has 3 N–H and O–H groups in total. The predicted molar refractivity (Wildman–Crippen MR) is 79.6 cm³/mol. The van der Waals surface area contributed by atoms with Crippen LogP contribution in [-0.4, -0.2) is 24.5 Å². The minimum absolute atomic E-state index is 0.0872. The third kappa shape index (κ3) is 3.40. The number of aromatic nitrogens is 2. The minimum Gasteiger partial charge on any atom is -0.326 e. The number of rotatable bonds is 4. The molecule has 0 unspecified atom stereocenters. The van der Waals surface area contributed by atoms with E-state index in [1.54, 1.807) is 25.1 Å². The highest BCUT2D eigenvalue weighted by atomic mass is 32.2. The highest BCUT2D eigenvalue weighted by Gasteiger charge is 2.19. The Morgan fingerprint density at radius 1 is 1.29 bits per heavy atom. The van der Waals surface area contributed by atoms with Crippen LogP contribution in [0.25, 0.3) is 0 Å². The minimum atomic E-state index is -3.72. The maximum atomic E-state index is 12.2. The lowest BCUT2D eigenvalue weighted by atomic mass is 10.2. The zero-order valence-electron chi connectivity index (χ0n) is 11.9. The van der Waals surface area contributed by atoms with E-state index in [1.807, 2.05) is 6.92 Å². The number of nitrogens with one attached hydrogen (secondary N) is 3. The first-order chi connectivity index (χ1) is 9.79. The SMILES string of the molecule is CC(=O)Nc1cc(NS(=O)(=O)c2cn[nH]c2C)ccc1C. The average Bonchev–Trinajstić information content (AvgIpc) is 2.79. The Morgan fingerprint density at radius 3 is 2.57 bits per heavy atom. The summed E-state index contributed by atoms with van der Waals surface area (Å²) in [7, 11) is -3.72. The van der Waals surface area contributed by atoms with Crippen LogP contribution in [0.15, 0.2) is 29.3 Å². The molecule has 0 fully saturated rings. The van der Waals surface area contributed by atoms with Crippen LogP contribution in [0.1, 0.15) is 18.2 Å². The predicted octanol–water partition coefficient (Wildman–Crippen LogP) is 1.79. The monoisotopic (exact) mass is 308 g/mol. The third-order valence-electron chi connectivity index (χ3n) is 2.87. The summed E-state index contributed by atoms with van der Waals surface area (Å²) in [5.74, 6) is -0.219. The number of hydrogen-bond acceptors (Lipinski definition) is 4. The number of nitrogens with zero attached hydrogens (tertiary/aromatic N) is 1. The molecule has 0 aliphatic rings.